The number of nitrogens with zero attached hydrogens (tertiary/aromatic N) is 4. The quantitative estimate of drug-likeness (QED) is 0.468. The van der Waals surface area contributed by atoms with Crippen LogP contribution in [0.2, 0.25) is 0 Å². The van der Waals surface area contributed by atoms with Crippen LogP contribution in [0.4, 0.5) is 10.1 Å². The van der Waals surface area contributed by atoms with Gasteiger partial charge in [-0.05, 0) is 42.5 Å². The highest BCUT2D eigenvalue weighted by Gasteiger charge is 2.20. The predicted octanol–water partition coefficient (Wildman–Crippen LogP) is 3.40. The van der Waals surface area contributed by atoms with E-state index in [0.717, 1.165) is 12.1 Å². The minimum atomic E-state index is -4.07. The fourth-order valence-electron chi connectivity index (χ4n) is 2.70. The fourth-order valence-corrected chi connectivity index (χ4v) is 3.94. The van der Waals surface area contributed by atoms with Crippen molar-refractivity contribution in [2.75, 3.05) is 11.8 Å². The molecular formula is C20H16FN5O4S. The van der Waals surface area contributed by atoms with Gasteiger partial charge in [-0.1, -0.05) is 0 Å². The first-order valence-electron chi connectivity index (χ1n) is 8.89. The summed E-state index contributed by atoms with van der Waals surface area (Å²) < 4.78 is 53.7. The molecule has 11 heteroatoms. The zero-order valence-electron chi connectivity index (χ0n) is 16.1. The lowest BCUT2D eigenvalue weighted by Gasteiger charge is -2.12. The number of ether oxygens (including phenoxy) is 2. The van der Waals surface area contributed by atoms with Crippen molar-refractivity contribution in [2.24, 2.45) is 0 Å². The molecule has 0 fully saturated rings. The zero-order chi connectivity index (χ0) is 21.8. The molecule has 1 N–H and O–H groups in total. The molecule has 0 radical (unpaired) electrons. The topological polar surface area (TPSA) is 108 Å². The second kappa shape index (κ2) is 8.40. The average molecular weight is 441 g/mol. The third kappa shape index (κ3) is 4.61. The van der Waals surface area contributed by atoms with Gasteiger partial charge in [0.05, 0.1) is 7.11 Å². The lowest BCUT2D eigenvalue weighted by molar-refractivity contribution is 0.401. The van der Waals surface area contributed by atoms with Crippen molar-refractivity contribution < 1.29 is 22.3 Å². The highest BCUT2D eigenvalue weighted by atomic mass is 32.2. The van der Waals surface area contributed by atoms with Crippen LogP contribution in [0.1, 0.15) is 0 Å². The summed E-state index contributed by atoms with van der Waals surface area (Å²) in [6.45, 7) is 0. The van der Waals surface area contributed by atoms with E-state index in [2.05, 4.69) is 19.7 Å². The van der Waals surface area contributed by atoms with Crippen LogP contribution in [-0.4, -0.2) is 35.0 Å². The zero-order valence-corrected chi connectivity index (χ0v) is 17.0. The van der Waals surface area contributed by atoms with Crippen LogP contribution in [0, 0.1) is 5.82 Å². The van der Waals surface area contributed by atoms with Crippen LogP contribution < -0.4 is 14.2 Å². The molecule has 0 amide bonds. The number of sulfonamides is 1. The predicted molar refractivity (Wildman–Crippen MR) is 109 cm³/mol. The first-order chi connectivity index (χ1) is 14.9. The number of benzene rings is 2. The smallest absolute Gasteiger partial charge is 0.265 e. The second-order valence-corrected chi connectivity index (χ2v) is 7.86. The van der Waals surface area contributed by atoms with Crippen LogP contribution in [0.3, 0.4) is 0 Å². The summed E-state index contributed by atoms with van der Waals surface area (Å²) in [5.74, 6) is 0.658. The monoisotopic (exact) mass is 441 g/mol. The van der Waals surface area contributed by atoms with Crippen molar-refractivity contribution in [3.05, 3.63) is 79.4 Å². The number of nitrogens with one attached hydrogen (secondary N) is 1. The maximum atomic E-state index is 13.6. The van der Waals surface area contributed by atoms with Gasteiger partial charge in [-0.2, -0.15) is 0 Å². The largest absolute Gasteiger partial charge is 0.495 e. The Morgan fingerprint density at radius 1 is 1.06 bits per heavy atom. The van der Waals surface area contributed by atoms with Gasteiger partial charge in [0.15, 0.2) is 0 Å². The van der Waals surface area contributed by atoms with E-state index in [1.165, 1.54) is 31.6 Å². The summed E-state index contributed by atoms with van der Waals surface area (Å²) in [5, 5.41) is 0. The standard InChI is InChI=1S/C20H16FN5O4S/c1-29-17-7-2-14(21)10-18(17)31(27,28)25-15-3-5-16(6-4-15)30-20-11-19(23-12-24-20)26-9-8-22-13-26/h2-13,25H,1H3. The average Bonchev–Trinajstić information content (AvgIpc) is 3.30. The van der Waals surface area contributed by atoms with Crippen molar-refractivity contribution in [3.8, 4) is 23.2 Å². The number of imidazole rings is 1. The van der Waals surface area contributed by atoms with Gasteiger partial charge in [0.1, 0.15) is 40.7 Å². The molecule has 158 valence electrons. The third-order valence-corrected chi connectivity index (χ3v) is 5.54. The first kappa shape index (κ1) is 20.3. The van der Waals surface area contributed by atoms with Crippen molar-refractivity contribution in [3.63, 3.8) is 0 Å². The highest BCUT2D eigenvalue weighted by molar-refractivity contribution is 7.92. The molecule has 0 aliphatic carbocycles. The Bertz CT molecular complexity index is 1300. The van der Waals surface area contributed by atoms with Gasteiger partial charge in [-0.3, -0.25) is 9.29 Å². The molecule has 0 saturated heterocycles. The molecule has 0 aliphatic rings. The highest BCUT2D eigenvalue weighted by Crippen LogP contribution is 2.28. The van der Waals surface area contributed by atoms with Gasteiger partial charge < -0.3 is 9.47 Å². The van der Waals surface area contributed by atoms with Crippen LogP contribution in [0.25, 0.3) is 5.82 Å². The summed E-state index contributed by atoms with van der Waals surface area (Å²) in [5.41, 5.74) is 0.264. The molecule has 2 heterocycles. The summed E-state index contributed by atoms with van der Waals surface area (Å²) in [6.07, 6.45) is 6.32. The van der Waals surface area contributed by atoms with E-state index in [1.54, 1.807) is 41.5 Å². The number of halogens is 1. The van der Waals surface area contributed by atoms with Crippen molar-refractivity contribution in [1.29, 1.82) is 0 Å². The molecule has 2 aromatic carbocycles. The summed E-state index contributed by atoms with van der Waals surface area (Å²) in [6, 6.07) is 11.1. The third-order valence-electron chi connectivity index (χ3n) is 4.14. The molecule has 2 aromatic heterocycles. The van der Waals surface area contributed by atoms with E-state index >= 15 is 0 Å². The number of methoxy groups -OCH3 is 1. The Labute approximate surface area is 177 Å². The Kier molecular flexibility index (Phi) is 5.50. The molecule has 0 bridgehead atoms. The number of aromatic nitrogens is 4. The molecule has 0 atom stereocenters. The first-order valence-corrected chi connectivity index (χ1v) is 10.4. The van der Waals surface area contributed by atoms with Crippen LogP contribution >= 0.6 is 0 Å². The van der Waals surface area contributed by atoms with Crippen LogP contribution in [0.15, 0.2) is 78.5 Å². The Morgan fingerprint density at radius 3 is 2.58 bits per heavy atom. The van der Waals surface area contributed by atoms with E-state index in [-0.39, 0.29) is 16.3 Å². The van der Waals surface area contributed by atoms with Gasteiger partial charge in [0.2, 0.25) is 5.88 Å². The molecule has 9 nitrogen and oxygen atoms in total. The van der Waals surface area contributed by atoms with Crippen molar-refractivity contribution >= 4 is 15.7 Å². The molecular weight excluding hydrogens is 425 g/mol. The molecule has 0 unspecified atom stereocenters. The van der Waals surface area contributed by atoms with Crippen LogP contribution in [-0.2, 0) is 10.0 Å². The minimum Gasteiger partial charge on any atom is -0.495 e. The molecule has 0 saturated carbocycles. The minimum absolute atomic E-state index is 0.0336. The second-order valence-electron chi connectivity index (χ2n) is 6.21. The van der Waals surface area contributed by atoms with E-state index in [4.69, 9.17) is 9.47 Å². The lowest BCUT2D eigenvalue weighted by Crippen LogP contribution is -2.14. The fraction of sp³-hybridized carbons (Fsp3) is 0.0500. The normalized spacial score (nSPS) is 11.2. The number of hydrogen-bond donors (Lipinski definition) is 1. The van der Waals surface area contributed by atoms with Gasteiger partial charge in [0.25, 0.3) is 10.0 Å². The molecule has 4 rings (SSSR count). The van der Waals surface area contributed by atoms with Crippen LogP contribution in [0.5, 0.6) is 17.4 Å². The Morgan fingerprint density at radius 2 is 1.87 bits per heavy atom. The van der Waals surface area contributed by atoms with E-state index in [1.807, 2.05) is 0 Å². The maximum absolute atomic E-state index is 13.6. The van der Waals surface area contributed by atoms with Gasteiger partial charge >= 0.3 is 0 Å². The molecule has 0 spiro atoms. The van der Waals surface area contributed by atoms with E-state index in [0.29, 0.717) is 17.4 Å². The Balaban J connectivity index is 1.50. The SMILES string of the molecule is COc1ccc(F)cc1S(=O)(=O)Nc1ccc(Oc2cc(-n3ccnc3)ncn2)cc1. The molecule has 0 aliphatic heterocycles. The summed E-state index contributed by atoms with van der Waals surface area (Å²) in [4.78, 5) is 11.9. The maximum Gasteiger partial charge on any atom is 0.265 e. The lowest BCUT2D eigenvalue weighted by atomic mass is 10.3. The van der Waals surface area contributed by atoms with Crippen molar-refractivity contribution in [1.82, 2.24) is 19.5 Å². The number of anilines is 1. The van der Waals surface area contributed by atoms with Gasteiger partial charge in [-0.25, -0.2) is 27.8 Å². The Hall–Kier alpha value is -3.99. The molecule has 31 heavy (non-hydrogen) atoms. The van der Waals surface area contributed by atoms with E-state index < -0.39 is 15.8 Å². The van der Waals surface area contributed by atoms with Gasteiger partial charge in [0, 0.05) is 24.1 Å². The summed E-state index contributed by atoms with van der Waals surface area (Å²) >= 11 is 0. The number of rotatable bonds is 7. The van der Waals surface area contributed by atoms with Crippen molar-refractivity contribution in [2.45, 2.75) is 4.90 Å². The number of hydrogen-bond acceptors (Lipinski definition) is 7. The molecule has 4 aromatic rings. The van der Waals surface area contributed by atoms with E-state index in [9.17, 15) is 12.8 Å². The summed E-state index contributed by atoms with van der Waals surface area (Å²) in [7, 11) is -2.76. The van der Waals surface area contributed by atoms with Gasteiger partial charge in [-0.15, -0.1) is 0 Å².